The first kappa shape index (κ1) is 24.9. The maximum Gasteiger partial charge on any atom is 0.194 e. The minimum absolute atomic E-state index is 0. The number of nitrogens with zero attached hydrogens (tertiary/aromatic N) is 5. The summed E-state index contributed by atoms with van der Waals surface area (Å²) in [6.07, 6.45) is 13.5. The molecule has 2 fully saturated rings. The van der Waals surface area contributed by atoms with Crippen molar-refractivity contribution in [1.29, 1.82) is 0 Å². The van der Waals surface area contributed by atoms with Crippen molar-refractivity contribution in [3.8, 4) is 5.82 Å². The minimum Gasteiger partial charge on any atom is -0.376 e. The van der Waals surface area contributed by atoms with Gasteiger partial charge in [-0.05, 0) is 56.7 Å². The van der Waals surface area contributed by atoms with Crippen LogP contribution in [0.15, 0.2) is 42.0 Å². The number of hydrogen-bond donors (Lipinski definition) is 1. The molecule has 1 N–H and O–H groups in total. The second-order valence-corrected chi connectivity index (χ2v) is 8.17. The van der Waals surface area contributed by atoms with E-state index in [0.29, 0.717) is 18.8 Å². The number of ether oxygens (including phenoxy) is 2. The zero-order valence-corrected chi connectivity index (χ0v) is 21.2. The van der Waals surface area contributed by atoms with E-state index in [1.54, 1.807) is 12.5 Å². The average Bonchev–Trinajstić information content (AvgIpc) is 3.37. The van der Waals surface area contributed by atoms with E-state index in [1.165, 1.54) is 12.8 Å². The highest BCUT2D eigenvalue weighted by atomic mass is 127. The SMILES string of the molecule is CCNC(=NCc1ccnc(-n2ccnc2)c1)N1CCC(OCC2CCCCO2)CC1.I. The Labute approximate surface area is 207 Å². The van der Waals surface area contributed by atoms with E-state index >= 15 is 0 Å². The van der Waals surface area contributed by atoms with Crippen LogP contribution in [0.1, 0.15) is 44.6 Å². The van der Waals surface area contributed by atoms with Crippen molar-refractivity contribution >= 4 is 29.9 Å². The number of likely N-dealkylation sites (tertiary alicyclic amines) is 1. The third-order valence-corrected chi connectivity index (χ3v) is 5.86. The second-order valence-electron chi connectivity index (χ2n) is 8.17. The summed E-state index contributed by atoms with van der Waals surface area (Å²) in [4.78, 5) is 15.8. The predicted molar refractivity (Wildman–Crippen MR) is 136 cm³/mol. The lowest BCUT2D eigenvalue weighted by Gasteiger charge is -2.35. The number of rotatable bonds is 7. The van der Waals surface area contributed by atoms with Gasteiger partial charge in [-0.1, -0.05) is 0 Å². The first-order chi connectivity index (χ1) is 15.3. The highest BCUT2D eigenvalue weighted by Gasteiger charge is 2.23. The van der Waals surface area contributed by atoms with Crippen LogP contribution in [-0.2, 0) is 16.0 Å². The van der Waals surface area contributed by atoms with Gasteiger partial charge in [-0.2, -0.15) is 0 Å². The van der Waals surface area contributed by atoms with Gasteiger partial charge in [-0.3, -0.25) is 4.57 Å². The molecule has 0 bridgehead atoms. The fourth-order valence-corrected chi connectivity index (χ4v) is 4.10. The van der Waals surface area contributed by atoms with Crippen molar-refractivity contribution in [1.82, 2.24) is 24.8 Å². The average molecular weight is 554 g/mol. The van der Waals surface area contributed by atoms with Crippen LogP contribution in [0.2, 0.25) is 0 Å². The maximum absolute atomic E-state index is 6.16. The molecule has 8 nitrogen and oxygen atoms in total. The first-order valence-electron chi connectivity index (χ1n) is 11.5. The topological polar surface area (TPSA) is 76.8 Å². The summed E-state index contributed by atoms with van der Waals surface area (Å²) in [7, 11) is 0. The molecule has 2 aromatic heterocycles. The Balaban J connectivity index is 0.00000289. The Morgan fingerprint density at radius 3 is 2.84 bits per heavy atom. The van der Waals surface area contributed by atoms with Gasteiger partial charge in [0.25, 0.3) is 0 Å². The third-order valence-electron chi connectivity index (χ3n) is 5.86. The van der Waals surface area contributed by atoms with Crippen molar-refractivity contribution in [3.05, 3.63) is 42.6 Å². The molecule has 1 atom stereocenters. The molecule has 0 aromatic carbocycles. The van der Waals surface area contributed by atoms with Gasteiger partial charge in [0.05, 0.1) is 25.4 Å². The molecule has 2 aliphatic heterocycles. The van der Waals surface area contributed by atoms with Gasteiger partial charge in [-0.25, -0.2) is 15.0 Å². The molecule has 0 aliphatic carbocycles. The van der Waals surface area contributed by atoms with E-state index < -0.39 is 0 Å². The predicted octanol–water partition coefficient (Wildman–Crippen LogP) is 3.40. The summed E-state index contributed by atoms with van der Waals surface area (Å²) < 4.78 is 13.9. The number of imidazole rings is 1. The monoisotopic (exact) mass is 554 g/mol. The lowest BCUT2D eigenvalue weighted by atomic mass is 10.1. The fourth-order valence-electron chi connectivity index (χ4n) is 4.10. The number of nitrogens with one attached hydrogen (secondary N) is 1. The van der Waals surface area contributed by atoms with Crippen LogP contribution in [0.25, 0.3) is 5.82 Å². The molecule has 32 heavy (non-hydrogen) atoms. The van der Waals surface area contributed by atoms with E-state index in [2.05, 4.69) is 33.2 Å². The van der Waals surface area contributed by atoms with Crippen LogP contribution in [0, 0.1) is 0 Å². The van der Waals surface area contributed by atoms with Gasteiger partial charge < -0.3 is 19.7 Å². The Hall–Kier alpha value is -1.72. The van der Waals surface area contributed by atoms with Crippen LogP contribution in [-0.4, -0.2) is 70.5 Å². The summed E-state index contributed by atoms with van der Waals surface area (Å²) in [6.45, 7) is 7.11. The maximum atomic E-state index is 6.16. The molecule has 176 valence electrons. The Morgan fingerprint density at radius 1 is 1.25 bits per heavy atom. The standard InChI is InChI=1S/C23H34N6O2.HI/c1-2-25-23(27-16-19-6-9-26-22(15-19)29-13-10-24-18-29)28-11-7-20(8-12-28)31-17-21-5-3-4-14-30-21;/h6,9-10,13,15,18,20-21H,2-5,7-8,11-12,14,16-17H2,1H3,(H,25,27);1H. The molecule has 2 aromatic rings. The van der Waals surface area contributed by atoms with Crippen molar-refractivity contribution in [2.75, 3.05) is 32.8 Å². The molecule has 0 radical (unpaired) electrons. The highest BCUT2D eigenvalue weighted by Crippen LogP contribution is 2.18. The van der Waals surface area contributed by atoms with Crippen LogP contribution in [0.5, 0.6) is 0 Å². The van der Waals surface area contributed by atoms with Gasteiger partial charge in [0, 0.05) is 44.8 Å². The molecule has 0 spiro atoms. The third kappa shape index (κ3) is 7.14. The van der Waals surface area contributed by atoms with E-state index in [-0.39, 0.29) is 24.0 Å². The van der Waals surface area contributed by atoms with Gasteiger partial charge in [0.15, 0.2) is 5.96 Å². The van der Waals surface area contributed by atoms with Crippen molar-refractivity contribution in [2.24, 2.45) is 4.99 Å². The molecule has 4 rings (SSSR count). The zero-order valence-electron chi connectivity index (χ0n) is 18.9. The normalized spacial score (nSPS) is 20.1. The van der Waals surface area contributed by atoms with E-state index in [9.17, 15) is 0 Å². The number of hydrogen-bond acceptors (Lipinski definition) is 5. The first-order valence-corrected chi connectivity index (χ1v) is 11.5. The van der Waals surface area contributed by atoms with Crippen LogP contribution in [0.3, 0.4) is 0 Å². The number of halogens is 1. The Bertz CT molecular complexity index is 818. The smallest absolute Gasteiger partial charge is 0.194 e. The number of piperidine rings is 1. The second kappa shape index (κ2) is 13.1. The summed E-state index contributed by atoms with van der Waals surface area (Å²) in [5.74, 6) is 1.83. The van der Waals surface area contributed by atoms with Crippen molar-refractivity contribution in [3.63, 3.8) is 0 Å². The van der Waals surface area contributed by atoms with Gasteiger partial charge in [0.1, 0.15) is 12.1 Å². The van der Waals surface area contributed by atoms with Crippen LogP contribution < -0.4 is 5.32 Å². The molecular weight excluding hydrogens is 519 g/mol. The number of pyridine rings is 1. The molecule has 2 aliphatic rings. The highest BCUT2D eigenvalue weighted by molar-refractivity contribution is 14.0. The summed E-state index contributed by atoms with van der Waals surface area (Å²) in [5, 5.41) is 3.45. The molecule has 4 heterocycles. The lowest BCUT2D eigenvalue weighted by Crippen LogP contribution is -2.47. The summed E-state index contributed by atoms with van der Waals surface area (Å²) >= 11 is 0. The fraction of sp³-hybridized carbons (Fsp3) is 0.609. The minimum atomic E-state index is 0. The quantitative estimate of drug-likeness (QED) is 0.321. The van der Waals surface area contributed by atoms with Gasteiger partial charge >= 0.3 is 0 Å². The molecular formula is C23H35IN6O2. The van der Waals surface area contributed by atoms with E-state index in [1.807, 2.05) is 23.0 Å². The molecule has 1 unspecified atom stereocenters. The van der Waals surface area contributed by atoms with Crippen molar-refractivity contribution < 1.29 is 9.47 Å². The largest absolute Gasteiger partial charge is 0.376 e. The Kier molecular flexibility index (Phi) is 10.2. The van der Waals surface area contributed by atoms with Crippen molar-refractivity contribution in [2.45, 2.75) is 57.8 Å². The molecule has 0 saturated carbocycles. The number of aliphatic imine (C=N–C) groups is 1. The number of guanidine groups is 1. The number of aromatic nitrogens is 3. The van der Waals surface area contributed by atoms with Crippen LogP contribution in [0.4, 0.5) is 0 Å². The molecule has 9 heteroatoms. The summed E-state index contributed by atoms with van der Waals surface area (Å²) in [6, 6.07) is 4.07. The van der Waals surface area contributed by atoms with Crippen LogP contribution >= 0.6 is 24.0 Å². The van der Waals surface area contributed by atoms with Gasteiger partial charge in [0.2, 0.25) is 0 Å². The lowest BCUT2D eigenvalue weighted by molar-refractivity contribution is -0.0721. The molecule has 0 amide bonds. The van der Waals surface area contributed by atoms with E-state index in [0.717, 1.165) is 69.5 Å². The Morgan fingerprint density at radius 2 is 2.12 bits per heavy atom. The summed E-state index contributed by atoms with van der Waals surface area (Å²) in [5.41, 5.74) is 1.12. The zero-order chi connectivity index (χ0) is 21.3. The van der Waals surface area contributed by atoms with E-state index in [4.69, 9.17) is 14.5 Å². The van der Waals surface area contributed by atoms with Gasteiger partial charge in [-0.15, -0.1) is 24.0 Å². The molecule has 2 saturated heterocycles.